The highest BCUT2D eigenvalue weighted by Gasteiger charge is 2.28. The third-order valence-electron chi connectivity index (χ3n) is 4.10. The van der Waals surface area contributed by atoms with E-state index in [0.717, 1.165) is 36.9 Å². The van der Waals surface area contributed by atoms with Crippen LogP contribution in [0.15, 0.2) is 28.1 Å². The zero-order valence-corrected chi connectivity index (χ0v) is 14.9. The van der Waals surface area contributed by atoms with Crippen molar-refractivity contribution >= 4 is 28.9 Å². The quantitative estimate of drug-likeness (QED) is 0.779. The van der Waals surface area contributed by atoms with Crippen LogP contribution in [0.3, 0.4) is 0 Å². The summed E-state index contributed by atoms with van der Waals surface area (Å²) in [5, 5.41) is 0.793. The number of hydrogen-bond acceptors (Lipinski definition) is 6. The summed E-state index contributed by atoms with van der Waals surface area (Å²) in [7, 11) is 5.29. The number of amides is 1. The van der Waals surface area contributed by atoms with Crippen molar-refractivity contribution in [1.29, 1.82) is 0 Å². The molecular formula is C17H21N3O3S. The van der Waals surface area contributed by atoms with Crippen LogP contribution in [0.5, 0.6) is 11.5 Å². The van der Waals surface area contributed by atoms with E-state index in [0.29, 0.717) is 16.4 Å². The number of hydrogen-bond donors (Lipinski definition) is 0. The predicted octanol–water partition coefficient (Wildman–Crippen LogP) is 1.92. The molecule has 7 heteroatoms. The molecule has 1 aromatic rings. The molecule has 0 bridgehead atoms. The van der Waals surface area contributed by atoms with Gasteiger partial charge in [-0.25, -0.2) is 0 Å². The van der Waals surface area contributed by atoms with Crippen molar-refractivity contribution < 1.29 is 14.3 Å². The van der Waals surface area contributed by atoms with Gasteiger partial charge in [0.15, 0.2) is 16.7 Å². The number of para-hydroxylation sites is 1. The standard InChI is InChI=1S/C17H21N3O3S/c1-19-7-9-20(10-8-19)17-18-16(21)14(24-17)11-12-5-4-6-13(22-2)15(12)23-3/h4-6,11H,7-10H2,1-3H3. The first-order chi connectivity index (χ1) is 11.6. The molecule has 6 nitrogen and oxygen atoms in total. The second-order valence-corrected chi connectivity index (χ2v) is 6.69. The molecule has 3 rings (SSSR count). The third-order valence-corrected chi connectivity index (χ3v) is 5.15. The Morgan fingerprint density at radius 3 is 2.58 bits per heavy atom. The fraction of sp³-hybridized carbons (Fsp3) is 0.412. The Kier molecular flexibility index (Phi) is 5.11. The number of thioether (sulfide) groups is 1. The highest BCUT2D eigenvalue weighted by molar-refractivity contribution is 8.18. The molecule has 0 spiro atoms. The van der Waals surface area contributed by atoms with Gasteiger partial charge in [-0.15, -0.1) is 0 Å². The van der Waals surface area contributed by atoms with E-state index >= 15 is 0 Å². The van der Waals surface area contributed by atoms with E-state index in [1.54, 1.807) is 14.2 Å². The van der Waals surface area contributed by atoms with Crippen molar-refractivity contribution in [2.45, 2.75) is 0 Å². The number of benzene rings is 1. The maximum Gasteiger partial charge on any atom is 0.286 e. The molecule has 2 heterocycles. The van der Waals surface area contributed by atoms with Crippen molar-refractivity contribution in [2.24, 2.45) is 4.99 Å². The van der Waals surface area contributed by atoms with Crippen LogP contribution in [-0.4, -0.2) is 68.3 Å². The van der Waals surface area contributed by atoms with Crippen molar-refractivity contribution in [3.05, 3.63) is 28.7 Å². The number of amidine groups is 1. The number of methoxy groups -OCH3 is 2. The number of aliphatic imine (C=N–C) groups is 1. The van der Waals surface area contributed by atoms with Crippen molar-refractivity contribution in [1.82, 2.24) is 9.80 Å². The van der Waals surface area contributed by atoms with Crippen molar-refractivity contribution in [2.75, 3.05) is 47.4 Å². The number of nitrogens with zero attached hydrogens (tertiary/aromatic N) is 3. The second-order valence-electron chi connectivity index (χ2n) is 5.68. The minimum absolute atomic E-state index is 0.196. The Hall–Kier alpha value is -1.99. The molecule has 1 saturated heterocycles. The van der Waals surface area contributed by atoms with E-state index in [-0.39, 0.29) is 5.91 Å². The molecule has 0 aliphatic carbocycles. The monoisotopic (exact) mass is 347 g/mol. The average molecular weight is 347 g/mol. The Balaban J connectivity index is 1.80. The third kappa shape index (κ3) is 3.42. The first kappa shape index (κ1) is 16.9. The Bertz CT molecular complexity index is 694. The number of carbonyl (C=O) groups is 1. The van der Waals surface area contributed by atoms with Crippen LogP contribution in [0.2, 0.25) is 0 Å². The van der Waals surface area contributed by atoms with Gasteiger partial charge in [0.1, 0.15) is 0 Å². The summed E-state index contributed by atoms with van der Waals surface area (Å²) in [6.45, 7) is 3.75. The topological polar surface area (TPSA) is 54.4 Å². The Morgan fingerprint density at radius 1 is 1.17 bits per heavy atom. The van der Waals surface area contributed by atoms with Crippen LogP contribution < -0.4 is 9.47 Å². The lowest BCUT2D eigenvalue weighted by Crippen LogP contribution is -2.46. The smallest absolute Gasteiger partial charge is 0.286 e. The molecular weight excluding hydrogens is 326 g/mol. The molecule has 128 valence electrons. The van der Waals surface area contributed by atoms with Gasteiger partial charge in [0, 0.05) is 31.7 Å². The van der Waals surface area contributed by atoms with E-state index in [9.17, 15) is 4.79 Å². The highest BCUT2D eigenvalue weighted by Crippen LogP contribution is 2.36. The van der Waals surface area contributed by atoms with Gasteiger partial charge in [0.05, 0.1) is 19.1 Å². The highest BCUT2D eigenvalue weighted by atomic mass is 32.2. The fourth-order valence-electron chi connectivity index (χ4n) is 2.70. The van der Waals surface area contributed by atoms with Gasteiger partial charge in [0.25, 0.3) is 5.91 Å². The SMILES string of the molecule is COc1cccc(C=C2SC(N3CCN(C)CC3)=NC2=O)c1OC. The molecule has 0 aromatic heterocycles. The summed E-state index contributed by atoms with van der Waals surface area (Å²) < 4.78 is 10.7. The number of rotatable bonds is 3. The van der Waals surface area contributed by atoms with E-state index < -0.39 is 0 Å². The summed E-state index contributed by atoms with van der Waals surface area (Å²) in [6.07, 6.45) is 1.82. The first-order valence-corrected chi connectivity index (χ1v) is 8.61. The van der Waals surface area contributed by atoms with Crippen LogP contribution in [0.25, 0.3) is 6.08 Å². The average Bonchev–Trinajstić information content (AvgIpc) is 2.96. The summed E-state index contributed by atoms with van der Waals surface area (Å²) in [5.41, 5.74) is 0.808. The summed E-state index contributed by atoms with van der Waals surface area (Å²) in [4.78, 5) is 21.5. The van der Waals surface area contributed by atoms with Crippen molar-refractivity contribution in [3.63, 3.8) is 0 Å². The zero-order valence-electron chi connectivity index (χ0n) is 14.1. The van der Waals surface area contributed by atoms with Crippen LogP contribution >= 0.6 is 11.8 Å². The van der Waals surface area contributed by atoms with E-state index in [1.807, 2.05) is 24.3 Å². The van der Waals surface area contributed by atoms with Gasteiger partial charge < -0.3 is 19.3 Å². The number of likely N-dealkylation sites (N-methyl/N-ethyl adjacent to an activating group) is 1. The lowest BCUT2D eigenvalue weighted by Gasteiger charge is -2.32. The molecule has 1 amide bonds. The van der Waals surface area contributed by atoms with E-state index in [4.69, 9.17) is 9.47 Å². The van der Waals surface area contributed by atoms with Gasteiger partial charge in [-0.1, -0.05) is 12.1 Å². The van der Waals surface area contributed by atoms with Crippen LogP contribution in [-0.2, 0) is 4.79 Å². The maximum absolute atomic E-state index is 12.3. The molecule has 0 atom stereocenters. The van der Waals surface area contributed by atoms with Crippen molar-refractivity contribution in [3.8, 4) is 11.5 Å². The lowest BCUT2D eigenvalue weighted by molar-refractivity contribution is -0.113. The molecule has 0 N–H and O–H groups in total. The number of carbonyl (C=O) groups excluding carboxylic acids is 1. The Morgan fingerprint density at radius 2 is 1.92 bits per heavy atom. The molecule has 2 aliphatic rings. The molecule has 0 radical (unpaired) electrons. The minimum atomic E-state index is -0.196. The molecule has 24 heavy (non-hydrogen) atoms. The Labute approximate surface area is 146 Å². The predicted molar refractivity (Wildman–Crippen MR) is 96.6 cm³/mol. The molecule has 1 fully saturated rings. The van der Waals surface area contributed by atoms with E-state index in [1.165, 1.54) is 11.8 Å². The molecule has 0 unspecified atom stereocenters. The summed E-state index contributed by atoms with van der Waals surface area (Å²) >= 11 is 1.43. The van der Waals surface area contributed by atoms with Gasteiger partial charge in [-0.3, -0.25) is 4.79 Å². The number of piperazine rings is 1. The van der Waals surface area contributed by atoms with Crippen LogP contribution in [0, 0.1) is 0 Å². The number of ether oxygens (including phenoxy) is 2. The molecule has 0 saturated carbocycles. The fourth-order valence-corrected chi connectivity index (χ4v) is 3.65. The van der Waals surface area contributed by atoms with E-state index in [2.05, 4.69) is 21.8 Å². The maximum atomic E-state index is 12.3. The molecule has 2 aliphatic heterocycles. The molecule has 1 aromatic carbocycles. The second kappa shape index (κ2) is 7.27. The normalized spacial score (nSPS) is 20.5. The van der Waals surface area contributed by atoms with Crippen LogP contribution in [0.4, 0.5) is 0 Å². The minimum Gasteiger partial charge on any atom is -0.493 e. The van der Waals surface area contributed by atoms with Gasteiger partial charge in [0.2, 0.25) is 0 Å². The lowest BCUT2D eigenvalue weighted by atomic mass is 10.1. The van der Waals surface area contributed by atoms with Gasteiger partial charge in [-0.05, 0) is 31.0 Å². The first-order valence-electron chi connectivity index (χ1n) is 7.79. The van der Waals surface area contributed by atoms with Crippen LogP contribution in [0.1, 0.15) is 5.56 Å². The summed E-state index contributed by atoms with van der Waals surface area (Å²) in [6, 6.07) is 5.60. The largest absolute Gasteiger partial charge is 0.493 e. The zero-order chi connectivity index (χ0) is 17.1. The van der Waals surface area contributed by atoms with Gasteiger partial charge in [-0.2, -0.15) is 4.99 Å². The van der Waals surface area contributed by atoms with Gasteiger partial charge >= 0.3 is 0 Å². The summed E-state index contributed by atoms with van der Waals surface area (Å²) in [5.74, 6) is 1.07.